The van der Waals surface area contributed by atoms with Crippen molar-refractivity contribution in [1.82, 2.24) is 10.2 Å². The van der Waals surface area contributed by atoms with E-state index in [0.29, 0.717) is 31.4 Å². The third-order valence-corrected chi connectivity index (χ3v) is 5.80. The van der Waals surface area contributed by atoms with Gasteiger partial charge in [-0.3, -0.25) is 14.4 Å². The van der Waals surface area contributed by atoms with E-state index in [0.717, 1.165) is 0 Å². The van der Waals surface area contributed by atoms with E-state index in [4.69, 9.17) is 12.2 Å². The average molecular weight is 451 g/mol. The topological polar surface area (TPSA) is 102 Å². The van der Waals surface area contributed by atoms with Crippen molar-refractivity contribution in [2.45, 2.75) is 56.5 Å². The number of nitrogens with zero attached hydrogens (tertiary/aromatic N) is 1. The molecule has 0 spiro atoms. The first-order valence-electron chi connectivity index (χ1n) is 10.2. The summed E-state index contributed by atoms with van der Waals surface area (Å²) in [7, 11) is 0. The van der Waals surface area contributed by atoms with Crippen LogP contribution in [-0.4, -0.2) is 47.6 Å². The molecule has 0 radical (unpaired) electrons. The number of hydrogen-bond acceptors (Lipinski definition) is 4. The summed E-state index contributed by atoms with van der Waals surface area (Å²) in [6, 6.07) is 3.61. The van der Waals surface area contributed by atoms with Crippen molar-refractivity contribution in [2.75, 3.05) is 6.54 Å². The Hall–Kier alpha value is -3.22. The van der Waals surface area contributed by atoms with Gasteiger partial charge >= 0.3 is 6.36 Å². The predicted octanol–water partition coefficient (Wildman–Crippen LogP) is 1.85. The molecule has 1 saturated carbocycles. The van der Waals surface area contributed by atoms with Gasteiger partial charge in [-0.05, 0) is 42.9 Å². The summed E-state index contributed by atoms with van der Waals surface area (Å²) in [6.45, 7) is 2.28. The Morgan fingerprint density at radius 2 is 1.94 bits per heavy atom. The average Bonchev–Trinajstić information content (AvgIpc) is 3.41. The van der Waals surface area contributed by atoms with Gasteiger partial charge in [0.25, 0.3) is 0 Å². The Kier molecular flexibility index (Phi) is 6.39. The Morgan fingerprint density at radius 3 is 2.44 bits per heavy atom. The van der Waals surface area contributed by atoms with Gasteiger partial charge in [0.05, 0.1) is 17.9 Å². The Labute approximate surface area is 183 Å². The fourth-order valence-electron chi connectivity index (χ4n) is 4.14. The first kappa shape index (κ1) is 23.4. The summed E-state index contributed by atoms with van der Waals surface area (Å²) in [6.07, 6.45) is 1.83. The molecule has 3 N–H and O–H groups in total. The highest BCUT2D eigenvalue weighted by Crippen LogP contribution is 2.51. The van der Waals surface area contributed by atoms with E-state index in [1.54, 1.807) is 0 Å². The molecular weight excluding hydrogens is 427 g/mol. The standard InChI is InChI=1S/C22H24F3N3O4/c1-3-15(11-18(26)29)27-19(30)17-10-13(2)12-28(17)20(31)21(8-9-21)14-4-6-16(7-5-14)32-22(23,24)25/h1,4-7,13,15,17H,8-12H2,2H3,(H2,26,29)(H,27,30)/t13-,15+,17-/m0/s1. The van der Waals surface area contributed by atoms with Crippen molar-refractivity contribution in [3.05, 3.63) is 29.8 Å². The molecule has 3 amide bonds. The van der Waals surface area contributed by atoms with Crippen LogP contribution in [0.4, 0.5) is 13.2 Å². The van der Waals surface area contributed by atoms with Crippen LogP contribution in [0.3, 0.4) is 0 Å². The Morgan fingerprint density at radius 1 is 1.31 bits per heavy atom. The number of terminal acetylenes is 1. The quantitative estimate of drug-likeness (QED) is 0.618. The number of nitrogens with one attached hydrogen (secondary N) is 1. The third kappa shape index (κ3) is 5.15. The minimum Gasteiger partial charge on any atom is -0.406 e. The van der Waals surface area contributed by atoms with E-state index in [9.17, 15) is 27.6 Å². The van der Waals surface area contributed by atoms with Crippen molar-refractivity contribution in [1.29, 1.82) is 0 Å². The van der Waals surface area contributed by atoms with Gasteiger partial charge in [0.1, 0.15) is 11.8 Å². The second kappa shape index (κ2) is 8.73. The lowest BCUT2D eigenvalue weighted by Crippen LogP contribution is -2.51. The largest absolute Gasteiger partial charge is 0.573 e. The lowest BCUT2D eigenvalue weighted by molar-refractivity contribution is -0.274. The second-order valence-corrected chi connectivity index (χ2v) is 8.37. The number of hydrogen-bond donors (Lipinski definition) is 2. The first-order valence-corrected chi connectivity index (χ1v) is 10.2. The van der Waals surface area contributed by atoms with Gasteiger partial charge in [-0.1, -0.05) is 25.0 Å². The number of likely N-dealkylation sites (tertiary alicyclic amines) is 1. The van der Waals surface area contributed by atoms with E-state index < -0.39 is 35.7 Å². The molecule has 3 atom stereocenters. The van der Waals surface area contributed by atoms with E-state index >= 15 is 0 Å². The van der Waals surface area contributed by atoms with Gasteiger partial charge in [-0.15, -0.1) is 19.6 Å². The summed E-state index contributed by atoms with van der Waals surface area (Å²) >= 11 is 0. The van der Waals surface area contributed by atoms with Crippen LogP contribution in [0.25, 0.3) is 0 Å². The molecule has 172 valence electrons. The monoisotopic (exact) mass is 451 g/mol. The molecular formula is C22H24F3N3O4. The number of primary amides is 1. The van der Waals surface area contributed by atoms with E-state index in [1.165, 1.54) is 29.2 Å². The molecule has 1 aliphatic carbocycles. The number of carbonyl (C=O) groups excluding carboxylic acids is 3. The normalized spacial score (nSPS) is 22.5. The Balaban J connectivity index is 1.75. The molecule has 1 aromatic carbocycles. The molecule has 1 saturated heterocycles. The number of carbonyl (C=O) groups is 3. The zero-order valence-electron chi connectivity index (χ0n) is 17.4. The van der Waals surface area contributed by atoms with Gasteiger partial charge in [0, 0.05) is 6.54 Å². The third-order valence-electron chi connectivity index (χ3n) is 5.80. The highest BCUT2D eigenvalue weighted by Gasteiger charge is 2.55. The molecule has 0 bridgehead atoms. The number of amides is 3. The van der Waals surface area contributed by atoms with Crippen molar-refractivity contribution in [3.8, 4) is 18.1 Å². The summed E-state index contributed by atoms with van der Waals surface area (Å²) in [4.78, 5) is 38.9. The number of rotatable bonds is 7. The molecule has 10 heteroatoms. The molecule has 7 nitrogen and oxygen atoms in total. The molecule has 32 heavy (non-hydrogen) atoms. The zero-order chi connectivity index (χ0) is 23.7. The minimum absolute atomic E-state index is 0.0634. The van der Waals surface area contributed by atoms with E-state index in [-0.39, 0.29) is 24.0 Å². The lowest BCUT2D eigenvalue weighted by Gasteiger charge is -2.29. The highest BCUT2D eigenvalue weighted by molar-refractivity contribution is 5.96. The second-order valence-electron chi connectivity index (χ2n) is 8.37. The number of ether oxygens (including phenoxy) is 1. The summed E-state index contributed by atoms with van der Waals surface area (Å²) in [5.74, 6) is 0.630. The van der Waals surface area contributed by atoms with Crippen LogP contribution < -0.4 is 15.8 Å². The molecule has 1 heterocycles. The summed E-state index contributed by atoms with van der Waals surface area (Å²) in [5, 5.41) is 2.59. The molecule has 1 aliphatic heterocycles. The van der Waals surface area contributed by atoms with E-state index in [2.05, 4.69) is 16.0 Å². The number of halogens is 3. The Bertz CT molecular complexity index is 935. The maximum atomic E-state index is 13.5. The van der Waals surface area contributed by atoms with Gasteiger partial charge in [-0.2, -0.15) is 0 Å². The zero-order valence-corrected chi connectivity index (χ0v) is 17.4. The molecule has 0 aromatic heterocycles. The van der Waals surface area contributed by atoms with Crippen LogP contribution in [0.15, 0.2) is 24.3 Å². The maximum Gasteiger partial charge on any atom is 0.573 e. The summed E-state index contributed by atoms with van der Waals surface area (Å²) < 4.78 is 41.1. The summed E-state index contributed by atoms with van der Waals surface area (Å²) in [5.41, 5.74) is 4.85. The number of nitrogens with two attached hydrogens (primary N) is 1. The highest BCUT2D eigenvalue weighted by atomic mass is 19.4. The minimum atomic E-state index is -4.80. The van der Waals surface area contributed by atoms with Crippen LogP contribution in [0.2, 0.25) is 0 Å². The predicted molar refractivity (Wildman–Crippen MR) is 108 cm³/mol. The van der Waals surface area contributed by atoms with Crippen molar-refractivity contribution < 1.29 is 32.3 Å². The fraction of sp³-hybridized carbons (Fsp3) is 0.500. The molecule has 0 unspecified atom stereocenters. The van der Waals surface area contributed by atoms with Crippen LogP contribution in [0.5, 0.6) is 5.75 Å². The first-order chi connectivity index (χ1) is 14.9. The lowest BCUT2D eigenvalue weighted by atomic mass is 9.93. The molecule has 3 rings (SSSR count). The number of benzene rings is 1. The van der Waals surface area contributed by atoms with Gasteiger partial charge < -0.3 is 20.7 Å². The van der Waals surface area contributed by atoms with Gasteiger partial charge in [-0.25, -0.2) is 0 Å². The SMILES string of the molecule is C#C[C@H](CC(N)=O)NC(=O)[C@@H]1C[C@H](C)CN1C(=O)C1(c2ccc(OC(F)(F)F)cc2)CC1. The van der Waals surface area contributed by atoms with Crippen molar-refractivity contribution in [2.24, 2.45) is 11.7 Å². The molecule has 2 aliphatic rings. The van der Waals surface area contributed by atoms with Crippen molar-refractivity contribution >= 4 is 17.7 Å². The van der Waals surface area contributed by atoms with Gasteiger partial charge in [0.2, 0.25) is 17.7 Å². The van der Waals surface area contributed by atoms with Gasteiger partial charge in [0.15, 0.2) is 0 Å². The van der Waals surface area contributed by atoms with Crippen LogP contribution in [-0.2, 0) is 19.8 Å². The molecule has 2 fully saturated rings. The van der Waals surface area contributed by atoms with Crippen LogP contribution in [0, 0.1) is 18.3 Å². The number of alkyl halides is 3. The van der Waals surface area contributed by atoms with Crippen LogP contribution >= 0.6 is 0 Å². The van der Waals surface area contributed by atoms with E-state index in [1.807, 2.05) is 6.92 Å². The van der Waals surface area contributed by atoms with Crippen LogP contribution in [0.1, 0.15) is 38.2 Å². The smallest absolute Gasteiger partial charge is 0.406 e. The van der Waals surface area contributed by atoms with Crippen molar-refractivity contribution in [3.63, 3.8) is 0 Å². The maximum absolute atomic E-state index is 13.5. The molecule has 1 aromatic rings. The fourth-order valence-corrected chi connectivity index (χ4v) is 4.14.